The van der Waals surface area contributed by atoms with Crippen LogP contribution in [-0.2, 0) is 15.2 Å². The fourth-order valence-electron chi connectivity index (χ4n) is 4.03. The summed E-state index contributed by atoms with van der Waals surface area (Å²) in [5.41, 5.74) is 1.76. The monoisotopic (exact) mass is 492 g/mol. The molecule has 0 spiro atoms. The third kappa shape index (κ3) is 4.15. The first-order valence-electron chi connectivity index (χ1n) is 10.2. The van der Waals surface area contributed by atoms with E-state index >= 15 is 0 Å². The largest absolute Gasteiger partial charge is 0.374 e. The molecule has 0 bridgehead atoms. The summed E-state index contributed by atoms with van der Waals surface area (Å²) in [6, 6.07) is 22.4. The summed E-state index contributed by atoms with van der Waals surface area (Å²) < 4.78 is 0. The zero-order chi connectivity index (χ0) is 24.3. The van der Waals surface area contributed by atoms with Crippen molar-refractivity contribution in [2.45, 2.75) is 17.9 Å². The van der Waals surface area contributed by atoms with Gasteiger partial charge in [-0.15, -0.1) is 0 Å². The number of nitrogens with zero attached hydrogens (tertiary/aromatic N) is 2. The Bertz CT molecular complexity index is 1320. The van der Waals surface area contributed by atoms with Gasteiger partial charge < -0.3 is 10.4 Å². The Kier molecular flexibility index (Phi) is 6.66. The van der Waals surface area contributed by atoms with E-state index in [2.05, 4.69) is 15.8 Å². The molecular formula is C25H18Cl2N4O3. The van der Waals surface area contributed by atoms with E-state index in [4.69, 9.17) is 28.5 Å². The first kappa shape index (κ1) is 23.5. The highest BCUT2D eigenvalue weighted by molar-refractivity contribution is 6.38. The fourth-order valence-corrected chi connectivity index (χ4v) is 4.53. The highest BCUT2D eigenvalue weighted by Crippen LogP contribution is 2.51. The van der Waals surface area contributed by atoms with Gasteiger partial charge >= 0.3 is 0 Å². The number of carbonyl (C=O) groups is 2. The van der Waals surface area contributed by atoms with Crippen LogP contribution < -0.4 is 10.7 Å². The Morgan fingerprint density at radius 1 is 1.06 bits per heavy atom. The van der Waals surface area contributed by atoms with Crippen LogP contribution in [0, 0.1) is 11.3 Å². The van der Waals surface area contributed by atoms with Gasteiger partial charge in [-0.2, -0.15) is 10.4 Å². The van der Waals surface area contributed by atoms with Crippen LogP contribution in [0.5, 0.6) is 0 Å². The summed E-state index contributed by atoms with van der Waals surface area (Å²) in [5.74, 6) is -2.47. The number of nitrogens with one attached hydrogen (secondary N) is 2. The molecular weight excluding hydrogens is 475 g/mol. The van der Waals surface area contributed by atoms with Gasteiger partial charge in [0.1, 0.15) is 6.42 Å². The van der Waals surface area contributed by atoms with Gasteiger partial charge in [0, 0.05) is 10.6 Å². The van der Waals surface area contributed by atoms with Gasteiger partial charge in [0.25, 0.3) is 11.8 Å². The molecule has 0 radical (unpaired) electrons. The molecule has 2 amide bonds. The maximum absolute atomic E-state index is 13.4. The second kappa shape index (κ2) is 9.65. The van der Waals surface area contributed by atoms with Gasteiger partial charge in [-0.25, -0.2) is 5.43 Å². The first-order chi connectivity index (χ1) is 16.4. The Labute approximate surface area is 205 Å². The second-order valence-electron chi connectivity index (χ2n) is 7.58. The second-order valence-corrected chi connectivity index (χ2v) is 8.39. The van der Waals surface area contributed by atoms with Gasteiger partial charge in [-0.3, -0.25) is 9.59 Å². The number of anilines is 1. The molecule has 3 aromatic carbocycles. The van der Waals surface area contributed by atoms with Crippen molar-refractivity contribution in [1.29, 1.82) is 5.26 Å². The lowest BCUT2D eigenvalue weighted by Gasteiger charge is -2.33. The SMILES string of the molecule is N#CCC(=O)N/N=C(/c1ccccc1)[C@H](c1ccccc1)[C@]1(O)C(=O)Nc2c(Cl)ccc(Cl)c21. The molecule has 0 saturated carbocycles. The molecule has 0 aliphatic carbocycles. The number of halogens is 2. The number of hydrogen-bond acceptors (Lipinski definition) is 5. The molecule has 1 heterocycles. The van der Waals surface area contributed by atoms with E-state index in [-0.39, 0.29) is 27.0 Å². The number of hydrogen-bond donors (Lipinski definition) is 3. The number of nitriles is 1. The molecule has 2 atom stereocenters. The maximum atomic E-state index is 13.4. The maximum Gasteiger partial charge on any atom is 0.262 e. The number of hydrazone groups is 1. The minimum atomic E-state index is -2.21. The van der Waals surface area contributed by atoms with E-state index in [1.165, 1.54) is 12.1 Å². The Hall–Kier alpha value is -3.70. The lowest BCUT2D eigenvalue weighted by Crippen LogP contribution is -2.45. The summed E-state index contributed by atoms with van der Waals surface area (Å²) in [5, 5.41) is 28.3. The van der Waals surface area contributed by atoms with Crippen molar-refractivity contribution in [3.63, 3.8) is 0 Å². The Balaban J connectivity index is 2.00. The molecule has 0 unspecified atom stereocenters. The average molecular weight is 493 g/mol. The molecule has 0 fully saturated rings. The zero-order valence-electron chi connectivity index (χ0n) is 17.6. The first-order valence-corrected chi connectivity index (χ1v) is 11.0. The molecule has 170 valence electrons. The number of carbonyl (C=O) groups excluding carboxylic acids is 2. The molecule has 3 aromatic rings. The normalized spacial score (nSPS) is 17.9. The van der Waals surface area contributed by atoms with Crippen molar-refractivity contribution in [3.05, 3.63) is 99.5 Å². The summed E-state index contributed by atoms with van der Waals surface area (Å²) in [6.45, 7) is 0. The number of rotatable bonds is 6. The minimum absolute atomic E-state index is 0.118. The van der Waals surface area contributed by atoms with E-state index in [1.807, 2.05) is 0 Å². The fraction of sp³-hybridized carbons (Fsp3) is 0.120. The van der Waals surface area contributed by atoms with Crippen LogP contribution in [0.4, 0.5) is 5.69 Å². The number of aliphatic hydroxyl groups is 1. The Morgan fingerprint density at radius 2 is 1.68 bits per heavy atom. The molecule has 0 aromatic heterocycles. The van der Waals surface area contributed by atoms with Crippen LogP contribution in [0.1, 0.15) is 29.0 Å². The van der Waals surface area contributed by atoms with E-state index in [0.717, 1.165) is 0 Å². The van der Waals surface area contributed by atoms with Crippen LogP contribution in [0.25, 0.3) is 0 Å². The predicted octanol–water partition coefficient (Wildman–Crippen LogP) is 4.35. The van der Waals surface area contributed by atoms with Gasteiger partial charge in [-0.1, -0.05) is 83.9 Å². The molecule has 9 heteroatoms. The van der Waals surface area contributed by atoms with Crippen LogP contribution in [0.3, 0.4) is 0 Å². The minimum Gasteiger partial charge on any atom is -0.374 e. The summed E-state index contributed by atoms with van der Waals surface area (Å²) >= 11 is 12.8. The van der Waals surface area contributed by atoms with Crippen LogP contribution >= 0.6 is 23.2 Å². The quantitative estimate of drug-likeness (QED) is 0.350. The number of benzene rings is 3. The molecule has 1 aliphatic rings. The van der Waals surface area contributed by atoms with Gasteiger partial charge in [-0.05, 0) is 23.3 Å². The molecule has 34 heavy (non-hydrogen) atoms. The smallest absolute Gasteiger partial charge is 0.262 e. The molecule has 1 aliphatic heterocycles. The van der Waals surface area contributed by atoms with Crippen molar-refractivity contribution in [2.75, 3.05) is 5.32 Å². The third-order valence-electron chi connectivity index (χ3n) is 5.50. The Morgan fingerprint density at radius 3 is 2.32 bits per heavy atom. The standard InChI is InChI=1S/C25H18Cl2N4O3/c26-17-11-12-18(27)23-21(17)25(34,24(33)29-23)20(15-7-3-1-4-8-15)22(16-9-5-2-6-10-16)31-30-19(32)13-14-28/h1-12,20,34H,13H2,(H,29,33)(H,30,32)/b31-22-/t20-,25+/m0/s1. The zero-order valence-corrected chi connectivity index (χ0v) is 19.1. The molecule has 0 saturated heterocycles. The van der Waals surface area contributed by atoms with E-state index < -0.39 is 29.8 Å². The lowest BCUT2D eigenvalue weighted by atomic mass is 9.73. The van der Waals surface area contributed by atoms with Crippen molar-refractivity contribution in [1.82, 2.24) is 5.43 Å². The van der Waals surface area contributed by atoms with Crippen LogP contribution in [0.15, 0.2) is 77.9 Å². The highest BCUT2D eigenvalue weighted by atomic mass is 35.5. The van der Waals surface area contributed by atoms with Crippen LogP contribution in [0.2, 0.25) is 10.0 Å². The summed E-state index contributed by atoms with van der Waals surface area (Å²) in [7, 11) is 0. The van der Waals surface area contributed by atoms with Crippen molar-refractivity contribution >= 4 is 46.4 Å². The topological polar surface area (TPSA) is 115 Å². The number of fused-ring (bicyclic) bond motifs is 1. The van der Waals surface area contributed by atoms with Gasteiger partial charge in [0.15, 0.2) is 5.60 Å². The van der Waals surface area contributed by atoms with Gasteiger partial charge in [0.2, 0.25) is 0 Å². The average Bonchev–Trinajstić information content (AvgIpc) is 3.12. The van der Waals surface area contributed by atoms with Crippen molar-refractivity contribution in [2.24, 2.45) is 5.10 Å². The van der Waals surface area contributed by atoms with E-state index in [0.29, 0.717) is 11.1 Å². The van der Waals surface area contributed by atoms with E-state index in [9.17, 15) is 14.7 Å². The number of amides is 2. The van der Waals surface area contributed by atoms with Crippen LogP contribution in [-0.4, -0.2) is 22.6 Å². The van der Waals surface area contributed by atoms with Crippen molar-refractivity contribution in [3.8, 4) is 6.07 Å². The predicted molar refractivity (Wildman–Crippen MR) is 130 cm³/mol. The third-order valence-corrected chi connectivity index (χ3v) is 6.13. The lowest BCUT2D eigenvalue weighted by molar-refractivity contribution is -0.134. The van der Waals surface area contributed by atoms with Crippen molar-refractivity contribution < 1.29 is 14.7 Å². The summed E-state index contributed by atoms with van der Waals surface area (Å²) in [4.78, 5) is 25.5. The highest BCUT2D eigenvalue weighted by Gasteiger charge is 2.55. The molecule has 4 rings (SSSR count). The molecule has 7 nitrogen and oxygen atoms in total. The molecule has 3 N–H and O–H groups in total. The van der Waals surface area contributed by atoms with Gasteiger partial charge in [0.05, 0.1) is 28.4 Å². The summed E-state index contributed by atoms with van der Waals surface area (Å²) in [6.07, 6.45) is -0.406. The van der Waals surface area contributed by atoms with E-state index in [1.54, 1.807) is 66.7 Å².